The lowest BCUT2D eigenvalue weighted by atomic mass is 10.3. The van der Waals surface area contributed by atoms with Gasteiger partial charge in [0.25, 0.3) is 5.19 Å². The van der Waals surface area contributed by atoms with Gasteiger partial charge < -0.3 is 4.74 Å². The number of rotatable bonds is 3. The summed E-state index contributed by atoms with van der Waals surface area (Å²) in [5, 5.41) is 1.67. The highest BCUT2D eigenvalue weighted by molar-refractivity contribution is 7.14. The first-order valence-electron chi connectivity index (χ1n) is 4.44. The molecule has 0 atom stereocenters. The molecule has 0 fully saturated rings. The summed E-state index contributed by atoms with van der Waals surface area (Å²) in [7, 11) is 0. The highest BCUT2D eigenvalue weighted by atomic mass is 35.5. The molecule has 0 saturated carbocycles. The SMILES string of the molecule is ClCc1sc(Oc2ccc(Cl)c(Cl)c2)nc1Cl. The molecule has 0 amide bonds. The summed E-state index contributed by atoms with van der Waals surface area (Å²) in [6, 6.07) is 4.96. The van der Waals surface area contributed by atoms with Crippen LogP contribution < -0.4 is 4.74 Å². The maximum Gasteiger partial charge on any atom is 0.280 e. The molecule has 2 nitrogen and oxygen atoms in total. The van der Waals surface area contributed by atoms with E-state index in [9.17, 15) is 0 Å². The predicted octanol–water partition coefficient (Wildman–Crippen LogP) is 5.63. The molecule has 0 radical (unpaired) electrons. The highest BCUT2D eigenvalue weighted by Crippen LogP contribution is 2.34. The summed E-state index contributed by atoms with van der Waals surface area (Å²) in [6.07, 6.45) is 0. The molecule has 0 bridgehead atoms. The molecule has 0 N–H and O–H groups in total. The zero-order valence-electron chi connectivity index (χ0n) is 8.21. The van der Waals surface area contributed by atoms with E-state index in [1.807, 2.05) is 0 Å². The van der Waals surface area contributed by atoms with Crippen LogP contribution >= 0.6 is 57.7 Å². The van der Waals surface area contributed by atoms with E-state index in [1.54, 1.807) is 18.2 Å². The molecule has 2 rings (SSSR count). The summed E-state index contributed by atoms with van der Waals surface area (Å²) in [5.74, 6) is 0.854. The molecule has 17 heavy (non-hydrogen) atoms. The maximum atomic E-state index is 5.87. The Morgan fingerprint density at radius 3 is 2.53 bits per heavy atom. The molecule has 90 valence electrons. The van der Waals surface area contributed by atoms with Crippen molar-refractivity contribution in [1.29, 1.82) is 0 Å². The third-order valence-corrected chi connectivity index (χ3v) is 4.37. The Balaban J connectivity index is 2.22. The normalized spacial score (nSPS) is 10.6. The molecule has 1 aromatic carbocycles. The maximum absolute atomic E-state index is 5.87. The number of thiazole rings is 1. The van der Waals surface area contributed by atoms with Crippen molar-refractivity contribution in [3.63, 3.8) is 0 Å². The van der Waals surface area contributed by atoms with Gasteiger partial charge in [-0.05, 0) is 12.1 Å². The Labute approximate surface area is 122 Å². The monoisotopic (exact) mass is 327 g/mol. The van der Waals surface area contributed by atoms with E-state index >= 15 is 0 Å². The van der Waals surface area contributed by atoms with Crippen molar-refractivity contribution in [2.45, 2.75) is 5.88 Å². The molecular weight excluding hydrogens is 324 g/mol. The Morgan fingerprint density at radius 2 is 1.94 bits per heavy atom. The zero-order valence-corrected chi connectivity index (χ0v) is 12.1. The van der Waals surface area contributed by atoms with Gasteiger partial charge in [0.2, 0.25) is 0 Å². The molecule has 2 aromatic rings. The minimum atomic E-state index is 0.307. The molecule has 0 unspecified atom stereocenters. The Morgan fingerprint density at radius 1 is 1.18 bits per heavy atom. The smallest absolute Gasteiger partial charge is 0.280 e. The van der Waals surface area contributed by atoms with Gasteiger partial charge in [0.1, 0.15) is 10.9 Å². The van der Waals surface area contributed by atoms with E-state index in [-0.39, 0.29) is 0 Å². The number of halogens is 4. The van der Waals surface area contributed by atoms with Gasteiger partial charge in [-0.2, -0.15) is 4.98 Å². The van der Waals surface area contributed by atoms with Crippen LogP contribution in [0.5, 0.6) is 10.9 Å². The molecule has 0 saturated heterocycles. The lowest BCUT2D eigenvalue weighted by molar-refractivity contribution is 0.479. The number of alkyl halides is 1. The average Bonchev–Trinajstić information content (AvgIpc) is 2.64. The third-order valence-electron chi connectivity index (χ3n) is 1.85. The van der Waals surface area contributed by atoms with Crippen molar-refractivity contribution in [3.05, 3.63) is 38.3 Å². The van der Waals surface area contributed by atoms with Crippen LogP contribution in [0, 0.1) is 0 Å². The fraction of sp³-hybridized carbons (Fsp3) is 0.100. The van der Waals surface area contributed by atoms with Gasteiger partial charge in [-0.25, -0.2) is 0 Å². The van der Waals surface area contributed by atoms with Crippen LogP contribution in [0.4, 0.5) is 0 Å². The van der Waals surface area contributed by atoms with Crippen LogP contribution in [0.3, 0.4) is 0 Å². The minimum Gasteiger partial charge on any atom is -0.431 e. The number of hydrogen-bond donors (Lipinski definition) is 0. The fourth-order valence-electron chi connectivity index (χ4n) is 1.08. The molecule has 0 aliphatic carbocycles. The van der Waals surface area contributed by atoms with Crippen molar-refractivity contribution in [2.75, 3.05) is 0 Å². The number of nitrogens with zero attached hydrogens (tertiary/aromatic N) is 1. The fourth-order valence-corrected chi connectivity index (χ4v) is 2.71. The molecule has 0 aliphatic rings. The quantitative estimate of drug-likeness (QED) is 0.681. The van der Waals surface area contributed by atoms with Gasteiger partial charge in [-0.1, -0.05) is 46.1 Å². The minimum absolute atomic E-state index is 0.307. The second-order valence-corrected chi connectivity index (χ2v) is 5.49. The molecule has 1 aromatic heterocycles. The van der Waals surface area contributed by atoms with E-state index in [0.717, 1.165) is 4.88 Å². The van der Waals surface area contributed by atoms with Crippen molar-refractivity contribution in [2.24, 2.45) is 0 Å². The van der Waals surface area contributed by atoms with Gasteiger partial charge in [-0.3, -0.25) is 0 Å². The first-order valence-corrected chi connectivity index (χ1v) is 6.92. The largest absolute Gasteiger partial charge is 0.431 e. The van der Waals surface area contributed by atoms with Gasteiger partial charge in [-0.15, -0.1) is 11.6 Å². The van der Waals surface area contributed by atoms with Crippen LogP contribution in [-0.4, -0.2) is 4.98 Å². The molecule has 1 heterocycles. The Bertz CT molecular complexity index is 543. The van der Waals surface area contributed by atoms with E-state index in [4.69, 9.17) is 51.1 Å². The van der Waals surface area contributed by atoms with Crippen LogP contribution in [0.2, 0.25) is 15.2 Å². The Hall–Kier alpha value is -0.190. The van der Waals surface area contributed by atoms with E-state index in [0.29, 0.717) is 32.0 Å². The number of benzene rings is 1. The lowest BCUT2D eigenvalue weighted by Gasteiger charge is -2.02. The van der Waals surface area contributed by atoms with Gasteiger partial charge in [0, 0.05) is 6.07 Å². The molecule has 7 heteroatoms. The van der Waals surface area contributed by atoms with Gasteiger partial charge in [0.05, 0.1) is 20.8 Å². The first-order chi connectivity index (χ1) is 8.10. The summed E-state index contributed by atoms with van der Waals surface area (Å²) < 4.78 is 5.50. The van der Waals surface area contributed by atoms with Crippen LogP contribution in [-0.2, 0) is 5.88 Å². The second-order valence-electron chi connectivity index (χ2n) is 3.01. The van der Waals surface area contributed by atoms with Crippen molar-refractivity contribution >= 4 is 57.7 Å². The summed E-state index contributed by atoms with van der Waals surface area (Å²) in [4.78, 5) is 4.80. The van der Waals surface area contributed by atoms with Crippen LogP contribution in [0.15, 0.2) is 18.2 Å². The molecule has 0 spiro atoms. The lowest BCUT2D eigenvalue weighted by Crippen LogP contribution is -1.82. The average molecular weight is 329 g/mol. The van der Waals surface area contributed by atoms with Crippen molar-refractivity contribution in [3.8, 4) is 10.9 Å². The molecule has 0 aliphatic heterocycles. The van der Waals surface area contributed by atoms with Crippen molar-refractivity contribution in [1.82, 2.24) is 4.98 Å². The van der Waals surface area contributed by atoms with Gasteiger partial charge >= 0.3 is 0 Å². The van der Waals surface area contributed by atoms with Crippen LogP contribution in [0.1, 0.15) is 4.88 Å². The summed E-state index contributed by atoms with van der Waals surface area (Å²) >= 11 is 24.5. The second kappa shape index (κ2) is 5.63. The number of hydrogen-bond acceptors (Lipinski definition) is 3. The summed E-state index contributed by atoms with van der Waals surface area (Å²) in [5.41, 5.74) is 0. The number of aromatic nitrogens is 1. The van der Waals surface area contributed by atoms with E-state index in [2.05, 4.69) is 4.98 Å². The van der Waals surface area contributed by atoms with E-state index in [1.165, 1.54) is 11.3 Å². The van der Waals surface area contributed by atoms with Crippen LogP contribution in [0.25, 0.3) is 0 Å². The zero-order chi connectivity index (χ0) is 12.4. The van der Waals surface area contributed by atoms with E-state index < -0.39 is 0 Å². The van der Waals surface area contributed by atoms with Gasteiger partial charge in [0.15, 0.2) is 0 Å². The summed E-state index contributed by atoms with van der Waals surface area (Å²) in [6.45, 7) is 0. The number of ether oxygens (including phenoxy) is 1. The first kappa shape index (κ1) is 13.2. The third kappa shape index (κ3) is 3.18. The Kier molecular flexibility index (Phi) is 4.39. The standard InChI is InChI=1S/C10H5Cl4NOS/c11-4-8-9(14)15-10(17-8)16-5-1-2-6(12)7(13)3-5/h1-3H,4H2. The molecular formula is C10H5Cl4NOS. The van der Waals surface area contributed by atoms with Crippen molar-refractivity contribution < 1.29 is 4.74 Å². The highest BCUT2D eigenvalue weighted by Gasteiger charge is 2.10. The predicted molar refractivity (Wildman–Crippen MR) is 73.2 cm³/mol. The topological polar surface area (TPSA) is 22.1 Å².